The molecule has 1 unspecified atom stereocenters. The van der Waals surface area contributed by atoms with Crippen molar-refractivity contribution < 1.29 is 4.79 Å². The Morgan fingerprint density at radius 1 is 1.40 bits per heavy atom. The number of carbonyl (C=O) groups is 1. The second-order valence-corrected chi connectivity index (χ2v) is 6.69. The quantitative estimate of drug-likeness (QED) is 0.874. The number of halogens is 1. The average Bonchev–Trinajstić information content (AvgIpc) is 2.58. The van der Waals surface area contributed by atoms with Gasteiger partial charge in [0.25, 0.3) is 5.56 Å². The number of hydrogen-bond acceptors (Lipinski definition) is 4. The monoisotopic (exact) mass is 360 g/mol. The molecule has 0 radical (unpaired) electrons. The minimum atomic E-state index is -0.243. The van der Waals surface area contributed by atoms with Crippen molar-refractivity contribution in [3.63, 3.8) is 0 Å². The van der Waals surface area contributed by atoms with Crippen molar-refractivity contribution in [3.8, 4) is 0 Å². The van der Waals surface area contributed by atoms with E-state index in [1.807, 2.05) is 29.2 Å². The molecule has 1 fully saturated rings. The molecule has 25 heavy (non-hydrogen) atoms. The number of amides is 1. The fourth-order valence-electron chi connectivity index (χ4n) is 3.23. The van der Waals surface area contributed by atoms with Crippen molar-refractivity contribution in [2.24, 2.45) is 0 Å². The second-order valence-electron chi connectivity index (χ2n) is 6.25. The van der Waals surface area contributed by atoms with Gasteiger partial charge < -0.3 is 15.2 Å². The van der Waals surface area contributed by atoms with Gasteiger partial charge in [-0.05, 0) is 31.5 Å². The Bertz CT molecular complexity index is 849. The molecule has 3 rings (SSSR count). The van der Waals surface area contributed by atoms with Crippen molar-refractivity contribution in [1.82, 2.24) is 20.2 Å². The number of nitrogens with zero attached hydrogens (tertiary/aromatic N) is 2. The van der Waals surface area contributed by atoms with Crippen LogP contribution in [0.25, 0.3) is 0 Å². The Balaban J connectivity index is 1.86. The predicted octanol–water partition coefficient (Wildman–Crippen LogP) is 1.76. The van der Waals surface area contributed by atoms with E-state index >= 15 is 0 Å². The molecule has 2 heterocycles. The molecule has 1 saturated heterocycles. The third-order valence-corrected chi connectivity index (χ3v) is 4.70. The van der Waals surface area contributed by atoms with E-state index in [-0.39, 0.29) is 23.9 Å². The molecule has 1 aliphatic heterocycles. The maximum Gasteiger partial charge on any atom is 0.254 e. The van der Waals surface area contributed by atoms with Gasteiger partial charge in [-0.25, -0.2) is 4.98 Å². The zero-order chi connectivity index (χ0) is 18.0. The van der Waals surface area contributed by atoms with E-state index in [9.17, 15) is 9.59 Å². The summed E-state index contributed by atoms with van der Waals surface area (Å²) in [4.78, 5) is 33.8. The summed E-state index contributed by atoms with van der Waals surface area (Å²) in [5, 5.41) is 3.96. The fourth-order valence-corrected chi connectivity index (χ4v) is 3.43. The molecule has 6 nitrogen and oxygen atoms in total. The zero-order valence-corrected chi connectivity index (χ0v) is 15.1. The first-order chi connectivity index (χ1) is 12.0. The van der Waals surface area contributed by atoms with Gasteiger partial charge in [0.15, 0.2) is 0 Å². The van der Waals surface area contributed by atoms with Crippen LogP contribution >= 0.6 is 11.6 Å². The summed E-state index contributed by atoms with van der Waals surface area (Å²) in [5.41, 5.74) is 1.77. The molecule has 7 heteroatoms. The van der Waals surface area contributed by atoms with Crippen LogP contribution in [-0.2, 0) is 11.2 Å². The summed E-state index contributed by atoms with van der Waals surface area (Å²) >= 11 is 6.10. The molecule has 0 aliphatic carbocycles. The minimum absolute atomic E-state index is 0.0471. The van der Waals surface area contributed by atoms with Crippen LogP contribution in [0, 0.1) is 13.8 Å². The molecule has 1 amide bonds. The number of nitrogens with one attached hydrogen (secondary N) is 2. The zero-order valence-electron chi connectivity index (χ0n) is 14.3. The molecule has 0 spiro atoms. The Labute approximate surface area is 151 Å². The van der Waals surface area contributed by atoms with Gasteiger partial charge in [-0.15, -0.1) is 0 Å². The summed E-state index contributed by atoms with van der Waals surface area (Å²) in [5.74, 6) is 0.475. The molecule has 0 saturated carbocycles. The summed E-state index contributed by atoms with van der Waals surface area (Å²) < 4.78 is 0. The average molecular weight is 361 g/mol. The topological polar surface area (TPSA) is 78.1 Å². The highest BCUT2D eigenvalue weighted by Crippen LogP contribution is 2.25. The first kappa shape index (κ1) is 17.6. The lowest BCUT2D eigenvalue weighted by molar-refractivity contribution is -0.133. The van der Waals surface area contributed by atoms with Gasteiger partial charge in [-0.2, -0.15) is 0 Å². The predicted molar refractivity (Wildman–Crippen MR) is 96.8 cm³/mol. The van der Waals surface area contributed by atoms with Crippen LogP contribution < -0.4 is 10.9 Å². The van der Waals surface area contributed by atoms with Gasteiger partial charge in [-0.1, -0.05) is 23.7 Å². The summed E-state index contributed by atoms with van der Waals surface area (Å²) in [7, 11) is 0. The van der Waals surface area contributed by atoms with Crippen molar-refractivity contribution in [2.75, 3.05) is 19.6 Å². The molecule has 1 atom stereocenters. The number of aryl methyl sites for hydroxylation is 2. The van der Waals surface area contributed by atoms with Gasteiger partial charge in [0.1, 0.15) is 5.82 Å². The number of H-pyrrole nitrogens is 1. The van der Waals surface area contributed by atoms with Gasteiger partial charge in [0.2, 0.25) is 5.91 Å². The number of aromatic nitrogens is 2. The SMILES string of the molecule is Cc1nc(C)c(CC(=O)N2CCNCC2c2cccc(Cl)c2)c(=O)[nH]1. The van der Waals surface area contributed by atoms with Crippen molar-refractivity contribution in [2.45, 2.75) is 26.3 Å². The third-order valence-electron chi connectivity index (χ3n) is 4.47. The Morgan fingerprint density at radius 2 is 2.20 bits per heavy atom. The highest BCUT2D eigenvalue weighted by atomic mass is 35.5. The Morgan fingerprint density at radius 3 is 2.92 bits per heavy atom. The number of benzene rings is 1. The van der Waals surface area contributed by atoms with Crippen LogP contribution in [0.15, 0.2) is 29.1 Å². The normalized spacial score (nSPS) is 17.6. The lowest BCUT2D eigenvalue weighted by Crippen LogP contribution is -2.49. The van der Waals surface area contributed by atoms with E-state index in [4.69, 9.17) is 11.6 Å². The summed E-state index contributed by atoms with van der Waals surface area (Å²) in [6.07, 6.45) is 0.0471. The number of piperazine rings is 1. The van der Waals surface area contributed by atoms with Crippen LogP contribution in [0.2, 0.25) is 5.02 Å². The Kier molecular flexibility index (Phi) is 5.20. The molecule has 2 aromatic rings. The largest absolute Gasteiger partial charge is 0.333 e. The Hall–Kier alpha value is -2.18. The molecule has 132 valence electrons. The van der Waals surface area contributed by atoms with Crippen LogP contribution in [0.4, 0.5) is 0 Å². The van der Waals surface area contributed by atoms with Crippen molar-refractivity contribution >= 4 is 17.5 Å². The molecule has 0 bridgehead atoms. The molecule has 1 aromatic carbocycles. The first-order valence-electron chi connectivity index (χ1n) is 8.27. The highest BCUT2D eigenvalue weighted by Gasteiger charge is 2.28. The number of rotatable bonds is 3. The van der Waals surface area contributed by atoms with E-state index < -0.39 is 0 Å². The van der Waals surface area contributed by atoms with Crippen LogP contribution in [-0.4, -0.2) is 40.4 Å². The fraction of sp³-hybridized carbons (Fsp3) is 0.389. The lowest BCUT2D eigenvalue weighted by Gasteiger charge is -2.36. The first-order valence-corrected chi connectivity index (χ1v) is 8.65. The number of aromatic amines is 1. The van der Waals surface area contributed by atoms with Gasteiger partial charge in [0.05, 0.1) is 12.5 Å². The molecule has 1 aliphatic rings. The standard InChI is InChI=1S/C18H21ClN4O2/c1-11-15(18(25)22-12(2)21-11)9-17(24)23-7-6-20-10-16(23)13-4-3-5-14(19)8-13/h3-5,8,16,20H,6-7,9-10H2,1-2H3,(H,21,22,25). The van der Waals surface area contributed by atoms with Crippen molar-refractivity contribution in [3.05, 3.63) is 62.3 Å². The van der Waals surface area contributed by atoms with E-state index in [2.05, 4.69) is 15.3 Å². The smallest absolute Gasteiger partial charge is 0.254 e. The summed E-state index contributed by atoms with van der Waals surface area (Å²) in [6.45, 7) is 5.46. The minimum Gasteiger partial charge on any atom is -0.333 e. The number of carbonyl (C=O) groups excluding carboxylic acids is 1. The van der Waals surface area contributed by atoms with Crippen LogP contribution in [0.5, 0.6) is 0 Å². The van der Waals surface area contributed by atoms with E-state index in [1.165, 1.54) is 0 Å². The maximum absolute atomic E-state index is 12.9. The van der Waals surface area contributed by atoms with E-state index in [1.54, 1.807) is 13.8 Å². The van der Waals surface area contributed by atoms with E-state index in [0.29, 0.717) is 35.2 Å². The highest BCUT2D eigenvalue weighted by molar-refractivity contribution is 6.30. The van der Waals surface area contributed by atoms with Crippen molar-refractivity contribution in [1.29, 1.82) is 0 Å². The van der Waals surface area contributed by atoms with Crippen LogP contribution in [0.3, 0.4) is 0 Å². The molecule has 1 aromatic heterocycles. The van der Waals surface area contributed by atoms with Gasteiger partial charge in [-0.3, -0.25) is 9.59 Å². The van der Waals surface area contributed by atoms with E-state index in [0.717, 1.165) is 12.1 Å². The van der Waals surface area contributed by atoms with Gasteiger partial charge >= 0.3 is 0 Å². The maximum atomic E-state index is 12.9. The second kappa shape index (κ2) is 7.37. The molecular weight excluding hydrogens is 340 g/mol. The third kappa shape index (κ3) is 3.91. The summed E-state index contributed by atoms with van der Waals surface area (Å²) in [6, 6.07) is 7.44. The molecule has 2 N–H and O–H groups in total. The number of hydrogen-bond donors (Lipinski definition) is 2. The lowest BCUT2D eigenvalue weighted by atomic mass is 10.0. The van der Waals surface area contributed by atoms with Gasteiger partial charge in [0, 0.05) is 35.9 Å². The van der Waals surface area contributed by atoms with Crippen LogP contribution in [0.1, 0.15) is 28.7 Å². The molecular formula is C18H21ClN4O2.